The van der Waals surface area contributed by atoms with Crippen LogP contribution in [0.15, 0.2) is 48.5 Å². The van der Waals surface area contributed by atoms with Gasteiger partial charge < -0.3 is 19.7 Å². The first kappa shape index (κ1) is 26.3. The van der Waals surface area contributed by atoms with Gasteiger partial charge in [0.2, 0.25) is 28.6 Å². The van der Waals surface area contributed by atoms with Gasteiger partial charge in [0.15, 0.2) is 11.5 Å². The number of nitrogens with zero attached hydrogens (tertiary/aromatic N) is 2. The Labute approximate surface area is 207 Å². The number of hydrogen-bond acceptors (Lipinski definition) is 6. The number of anilines is 1. The van der Waals surface area contributed by atoms with Gasteiger partial charge in [-0.25, -0.2) is 8.42 Å². The number of carbonyl (C=O) groups is 2. The number of amides is 2. The van der Waals surface area contributed by atoms with Crippen LogP contribution < -0.4 is 19.1 Å². The molecule has 0 bridgehead atoms. The highest BCUT2D eigenvalue weighted by Gasteiger charge is 2.32. The van der Waals surface area contributed by atoms with E-state index >= 15 is 0 Å². The molecule has 1 atom stereocenters. The number of ether oxygens (including phenoxy) is 2. The predicted octanol–water partition coefficient (Wildman–Crippen LogP) is 2.91. The van der Waals surface area contributed by atoms with Crippen molar-refractivity contribution in [1.29, 1.82) is 0 Å². The van der Waals surface area contributed by atoms with E-state index in [2.05, 4.69) is 5.32 Å². The SMILES string of the molecule is CCCCNC(=O)[C@H](CC)N(Cc1ccccc1)C(=O)CN(c1ccc2c(c1)OCO2)S(C)(=O)=O. The van der Waals surface area contributed by atoms with Crippen LogP contribution in [0.2, 0.25) is 0 Å². The Morgan fingerprint density at radius 3 is 2.43 bits per heavy atom. The molecular weight excluding hydrogens is 470 g/mol. The van der Waals surface area contributed by atoms with Gasteiger partial charge in [-0.1, -0.05) is 50.6 Å². The molecule has 35 heavy (non-hydrogen) atoms. The molecule has 0 aliphatic carbocycles. The average molecular weight is 504 g/mol. The minimum atomic E-state index is -3.82. The number of fused-ring (bicyclic) bond motifs is 1. The zero-order valence-corrected chi connectivity index (χ0v) is 21.2. The van der Waals surface area contributed by atoms with Gasteiger partial charge in [0.25, 0.3) is 0 Å². The second-order valence-electron chi connectivity index (χ2n) is 8.38. The van der Waals surface area contributed by atoms with Crippen LogP contribution in [-0.4, -0.2) is 57.3 Å². The van der Waals surface area contributed by atoms with Gasteiger partial charge in [0.1, 0.15) is 12.6 Å². The first-order valence-electron chi connectivity index (χ1n) is 11.7. The molecule has 9 nitrogen and oxygen atoms in total. The number of unbranched alkanes of at least 4 members (excludes halogenated alkanes) is 1. The van der Waals surface area contributed by atoms with Crippen molar-refractivity contribution in [2.24, 2.45) is 0 Å². The van der Waals surface area contributed by atoms with E-state index in [9.17, 15) is 18.0 Å². The summed E-state index contributed by atoms with van der Waals surface area (Å²) in [7, 11) is -3.82. The summed E-state index contributed by atoms with van der Waals surface area (Å²) in [6, 6.07) is 13.3. The minimum absolute atomic E-state index is 0.0484. The van der Waals surface area contributed by atoms with Crippen LogP contribution in [0.3, 0.4) is 0 Å². The number of nitrogens with one attached hydrogen (secondary N) is 1. The third-order valence-corrected chi connectivity index (χ3v) is 6.88. The maximum absolute atomic E-state index is 13.6. The average Bonchev–Trinajstić information content (AvgIpc) is 3.30. The first-order chi connectivity index (χ1) is 16.7. The lowest BCUT2D eigenvalue weighted by atomic mass is 10.1. The lowest BCUT2D eigenvalue weighted by molar-refractivity contribution is -0.140. The highest BCUT2D eigenvalue weighted by Crippen LogP contribution is 2.36. The highest BCUT2D eigenvalue weighted by atomic mass is 32.2. The molecule has 10 heteroatoms. The van der Waals surface area contributed by atoms with Gasteiger partial charge in [-0.2, -0.15) is 0 Å². The molecule has 3 rings (SSSR count). The van der Waals surface area contributed by atoms with Crippen molar-refractivity contribution < 1.29 is 27.5 Å². The summed E-state index contributed by atoms with van der Waals surface area (Å²) < 4.78 is 37.1. The lowest BCUT2D eigenvalue weighted by Gasteiger charge is -2.33. The number of carbonyl (C=O) groups excluding carboxylic acids is 2. The molecule has 1 aliphatic rings. The van der Waals surface area contributed by atoms with Crippen LogP contribution >= 0.6 is 0 Å². The Morgan fingerprint density at radius 1 is 1.06 bits per heavy atom. The van der Waals surface area contributed by atoms with E-state index in [-0.39, 0.29) is 24.9 Å². The van der Waals surface area contributed by atoms with Gasteiger partial charge in [-0.15, -0.1) is 0 Å². The van der Waals surface area contributed by atoms with Crippen molar-refractivity contribution in [2.45, 2.75) is 45.7 Å². The number of rotatable bonds is 12. The maximum Gasteiger partial charge on any atom is 0.244 e. The second-order valence-corrected chi connectivity index (χ2v) is 10.3. The van der Waals surface area contributed by atoms with E-state index in [0.29, 0.717) is 24.5 Å². The smallest absolute Gasteiger partial charge is 0.244 e. The molecule has 2 amide bonds. The maximum atomic E-state index is 13.6. The third-order valence-electron chi connectivity index (χ3n) is 5.73. The first-order valence-corrected chi connectivity index (χ1v) is 13.6. The molecule has 0 saturated heterocycles. The van der Waals surface area contributed by atoms with Gasteiger partial charge in [0, 0.05) is 19.2 Å². The largest absolute Gasteiger partial charge is 0.454 e. The third kappa shape index (κ3) is 6.88. The summed E-state index contributed by atoms with van der Waals surface area (Å²) in [5, 5.41) is 2.90. The van der Waals surface area contributed by atoms with Crippen molar-refractivity contribution in [3.05, 3.63) is 54.1 Å². The lowest BCUT2D eigenvalue weighted by Crippen LogP contribution is -2.52. The second kappa shape index (κ2) is 11.9. The molecule has 0 fully saturated rings. The summed E-state index contributed by atoms with van der Waals surface area (Å²) in [5.41, 5.74) is 1.12. The van der Waals surface area contributed by atoms with E-state index < -0.39 is 28.5 Å². The molecule has 1 aliphatic heterocycles. The number of benzene rings is 2. The molecule has 2 aromatic rings. The fraction of sp³-hybridized carbons (Fsp3) is 0.440. The van der Waals surface area contributed by atoms with Crippen molar-refractivity contribution in [3.63, 3.8) is 0 Å². The van der Waals surface area contributed by atoms with E-state index in [1.807, 2.05) is 44.2 Å². The normalized spacial score (nSPS) is 13.2. The van der Waals surface area contributed by atoms with Crippen LogP contribution in [0.1, 0.15) is 38.7 Å². The Hall–Kier alpha value is -3.27. The summed E-state index contributed by atoms with van der Waals surface area (Å²) >= 11 is 0. The zero-order chi connectivity index (χ0) is 25.4. The molecule has 1 N–H and O–H groups in total. The molecule has 190 valence electrons. The molecule has 0 radical (unpaired) electrons. The van der Waals surface area contributed by atoms with E-state index in [1.165, 1.54) is 11.0 Å². The van der Waals surface area contributed by atoms with Crippen LogP contribution in [0, 0.1) is 0 Å². The van der Waals surface area contributed by atoms with Crippen LogP contribution in [-0.2, 0) is 26.2 Å². The quantitative estimate of drug-likeness (QED) is 0.447. The van der Waals surface area contributed by atoms with E-state index in [4.69, 9.17) is 9.47 Å². The summed E-state index contributed by atoms with van der Waals surface area (Å²) in [6.45, 7) is 4.16. The van der Waals surface area contributed by atoms with E-state index in [0.717, 1.165) is 29.0 Å². The fourth-order valence-electron chi connectivity index (χ4n) is 3.86. The van der Waals surface area contributed by atoms with Crippen molar-refractivity contribution in [1.82, 2.24) is 10.2 Å². The van der Waals surface area contributed by atoms with Crippen molar-refractivity contribution in [2.75, 3.05) is 30.4 Å². The molecule has 0 spiro atoms. The molecule has 0 unspecified atom stereocenters. The fourth-order valence-corrected chi connectivity index (χ4v) is 4.70. The van der Waals surface area contributed by atoms with Crippen LogP contribution in [0.4, 0.5) is 5.69 Å². The van der Waals surface area contributed by atoms with Crippen molar-refractivity contribution >= 4 is 27.5 Å². The predicted molar refractivity (Wildman–Crippen MR) is 134 cm³/mol. The Bertz CT molecular complexity index is 1120. The summed E-state index contributed by atoms with van der Waals surface area (Å²) in [6.07, 6.45) is 3.20. The highest BCUT2D eigenvalue weighted by molar-refractivity contribution is 7.92. The van der Waals surface area contributed by atoms with Crippen LogP contribution in [0.25, 0.3) is 0 Å². The summed E-state index contributed by atoms with van der Waals surface area (Å²) in [5.74, 6) is 0.189. The minimum Gasteiger partial charge on any atom is -0.454 e. The molecule has 0 saturated carbocycles. The zero-order valence-electron chi connectivity index (χ0n) is 20.4. The van der Waals surface area contributed by atoms with E-state index in [1.54, 1.807) is 12.1 Å². The molecule has 0 aromatic heterocycles. The molecule has 1 heterocycles. The monoisotopic (exact) mass is 503 g/mol. The molecule has 2 aromatic carbocycles. The van der Waals surface area contributed by atoms with Gasteiger partial charge in [-0.05, 0) is 30.5 Å². The Morgan fingerprint density at radius 2 is 1.77 bits per heavy atom. The standard InChI is InChI=1S/C25H33N3O6S/c1-4-6-14-26-25(30)21(5-2)27(16-19-10-8-7-9-11-19)24(29)17-28(35(3,31)32)20-12-13-22-23(15-20)34-18-33-22/h7-13,15,21H,4-6,14,16-18H2,1-3H3,(H,26,30)/t21-/m0/s1. The van der Waals surface area contributed by atoms with Crippen LogP contribution in [0.5, 0.6) is 11.5 Å². The topological polar surface area (TPSA) is 105 Å². The summed E-state index contributed by atoms with van der Waals surface area (Å²) in [4.78, 5) is 28.1. The Balaban J connectivity index is 1.90. The number of hydrogen-bond donors (Lipinski definition) is 1. The van der Waals surface area contributed by atoms with Gasteiger partial charge in [-0.3, -0.25) is 13.9 Å². The Kier molecular flexibility index (Phi) is 8.97. The van der Waals surface area contributed by atoms with Gasteiger partial charge >= 0.3 is 0 Å². The van der Waals surface area contributed by atoms with Gasteiger partial charge in [0.05, 0.1) is 11.9 Å². The molecular formula is C25H33N3O6S. The number of sulfonamides is 1. The van der Waals surface area contributed by atoms with Crippen molar-refractivity contribution in [3.8, 4) is 11.5 Å².